The molecule has 2 aromatic rings. The summed E-state index contributed by atoms with van der Waals surface area (Å²) in [6.07, 6.45) is 1.78. The second-order valence-electron chi connectivity index (χ2n) is 3.67. The Kier molecular flexibility index (Phi) is 3.71. The molecule has 0 radical (unpaired) electrons. The molecule has 0 aliphatic carbocycles. The van der Waals surface area contributed by atoms with Crippen molar-refractivity contribution >= 4 is 11.6 Å². The van der Waals surface area contributed by atoms with E-state index in [9.17, 15) is 4.39 Å². The van der Waals surface area contributed by atoms with E-state index in [1.807, 2.05) is 7.05 Å². The molecule has 0 atom stereocenters. The van der Waals surface area contributed by atoms with Crippen LogP contribution in [-0.4, -0.2) is 22.0 Å². The first kappa shape index (κ1) is 12.0. The standard InChI is InChI=1S/C11H12ClFN4/c1-14-5-10-7-17(16-15-10)6-8-2-3-9(12)4-11(8)13/h2-4,7,14H,5-6H2,1H3. The average Bonchev–Trinajstić information content (AvgIpc) is 2.71. The maximum atomic E-state index is 13.5. The Bertz CT molecular complexity index is 512. The Hall–Kier alpha value is -1.46. The van der Waals surface area contributed by atoms with Crippen LogP contribution in [0, 0.1) is 5.82 Å². The molecular weight excluding hydrogens is 243 g/mol. The van der Waals surface area contributed by atoms with Crippen LogP contribution in [0.15, 0.2) is 24.4 Å². The molecule has 0 bridgehead atoms. The van der Waals surface area contributed by atoms with Crippen molar-refractivity contribution in [3.8, 4) is 0 Å². The zero-order valence-corrected chi connectivity index (χ0v) is 10.1. The van der Waals surface area contributed by atoms with E-state index in [0.717, 1.165) is 5.69 Å². The zero-order valence-electron chi connectivity index (χ0n) is 9.32. The second kappa shape index (κ2) is 5.25. The van der Waals surface area contributed by atoms with Gasteiger partial charge in [-0.2, -0.15) is 0 Å². The van der Waals surface area contributed by atoms with Gasteiger partial charge in [0.2, 0.25) is 0 Å². The van der Waals surface area contributed by atoms with E-state index in [2.05, 4.69) is 15.6 Å². The van der Waals surface area contributed by atoms with Crippen molar-refractivity contribution < 1.29 is 4.39 Å². The Morgan fingerprint density at radius 1 is 1.47 bits per heavy atom. The molecule has 0 aliphatic heterocycles. The van der Waals surface area contributed by atoms with Gasteiger partial charge in [-0.15, -0.1) is 5.10 Å². The van der Waals surface area contributed by atoms with Crippen molar-refractivity contribution in [1.29, 1.82) is 0 Å². The lowest BCUT2D eigenvalue weighted by Gasteiger charge is -2.02. The van der Waals surface area contributed by atoms with E-state index in [4.69, 9.17) is 11.6 Å². The number of nitrogens with one attached hydrogen (secondary N) is 1. The summed E-state index contributed by atoms with van der Waals surface area (Å²) in [5.74, 6) is -0.330. The van der Waals surface area contributed by atoms with E-state index in [1.54, 1.807) is 23.0 Å². The lowest BCUT2D eigenvalue weighted by molar-refractivity contribution is 0.577. The molecule has 0 saturated carbocycles. The first-order valence-electron chi connectivity index (χ1n) is 5.16. The van der Waals surface area contributed by atoms with Crippen LogP contribution in [0.2, 0.25) is 5.02 Å². The van der Waals surface area contributed by atoms with Crippen molar-refractivity contribution in [2.75, 3.05) is 7.05 Å². The Morgan fingerprint density at radius 2 is 2.29 bits per heavy atom. The number of hydrogen-bond donors (Lipinski definition) is 1. The van der Waals surface area contributed by atoms with Gasteiger partial charge in [-0.1, -0.05) is 22.9 Å². The predicted octanol–water partition coefficient (Wildman–Crippen LogP) is 1.84. The highest BCUT2D eigenvalue weighted by Crippen LogP contribution is 2.15. The summed E-state index contributed by atoms with van der Waals surface area (Å²) in [6.45, 7) is 0.989. The maximum Gasteiger partial charge on any atom is 0.129 e. The van der Waals surface area contributed by atoms with Crippen molar-refractivity contribution in [2.24, 2.45) is 0 Å². The summed E-state index contributed by atoms with van der Waals surface area (Å²) in [5, 5.41) is 11.2. The van der Waals surface area contributed by atoms with Crippen molar-refractivity contribution in [2.45, 2.75) is 13.1 Å². The van der Waals surface area contributed by atoms with Crippen LogP contribution in [0.4, 0.5) is 4.39 Å². The summed E-state index contributed by atoms with van der Waals surface area (Å²) >= 11 is 5.68. The molecule has 0 aliphatic rings. The van der Waals surface area contributed by atoms with Gasteiger partial charge in [-0.05, 0) is 19.2 Å². The summed E-state index contributed by atoms with van der Waals surface area (Å²) in [6, 6.07) is 4.60. The molecule has 6 heteroatoms. The molecule has 90 valence electrons. The molecule has 4 nitrogen and oxygen atoms in total. The minimum absolute atomic E-state index is 0.330. The number of halogens is 2. The van der Waals surface area contributed by atoms with Crippen LogP contribution < -0.4 is 5.32 Å². The highest BCUT2D eigenvalue weighted by molar-refractivity contribution is 6.30. The van der Waals surface area contributed by atoms with Gasteiger partial charge in [0, 0.05) is 17.1 Å². The number of nitrogens with zero attached hydrogens (tertiary/aromatic N) is 3. The fraction of sp³-hybridized carbons (Fsp3) is 0.273. The first-order chi connectivity index (χ1) is 8.19. The van der Waals surface area contributed by atoms with Crippen LogP contribution in [0.1, 0.15) is 11.3 Å². The van der Waals surface area contributed by atoms with Crippen molar-refractivity contribution in [1.82, 2.24) is 20.3 Å². The minimum Gasteiger partial charge on any atom is -0.314 e. The second-order valence-corrected chi connectivity index (χ2v) is 4.11. The van der Waals surface area contributed by atoms with Crippen LogP contribution >= 0.6 is 11.6 Å². The number of hydrogen-bond acceptors (Lipinski definition) is 3. The lowest BCUT2D eigenvalue weighted by atomic mass is 10.2. The van der Waals surface area contributed by atoms with Gasteiger partial charge < -0.3 is 5.32 Å². The zero-order chi connectivity index (χ0) is 12.3. The topological polar surface area (TPSA) is 42.7 Å². The molecule has 1 aromatic heterocycles. The normalized spacial score (nSPS) is 10.8. The van der Waals surface area contributed by atoms with Gasteiger partial charge in [-0.3, -0.25) is 0 Å². The third-order valence-corrected chi connectivity index (χ3v) is 2.53. The van der Waals surface area contributed by atoms with Gasteiger partial charge in [0.15, 0.2) is 0 Å². The number of benzene rings is 1. The Balaban J connectivity index is 2.13. The van der Waals surface area contributed by atoms with Crippen LogP contribution in [0.5, 0.6) is 0 Å². The van der Waals surface area contributed by atoms with Crippen LogP contribution in [-0.2, 0) is 13.1 Å². The highest BCUT2D eigenvalue weighted by atomic mass is 35.5. The lowest BCUT2D eigenvalue weighted by Crippen LogP contribution is -2.05. The highest BCUT2D eigenvalue weighted by Gasteiger charge is 2.05. The quantitative estimate of drug-likeness (QED) is 0.905. The van der Waals surface area contributed by atoms with Crippen LogP contribution in [0.25, 0.3) is 0 Å². The Labute approximate surface area is 103 Å². The first-order valence-corrected chi connectivity index (χ1v) is 5.54. The summed E-state index contributed by atoms with van der Waals surface area (Å²) in [7, 11) is 1.83. The molecule has 17 heavy (non-hydrogen) atoms. The molecule has 0 amide bonds. The van der Waals surface area contributed by atoms with E-state index in [-0.39, 0.29) is 5.82 Å². The molecule has 1 N–H and O–H groups in total. The molecular formula is C11H12ClFN4. The third-order valence-electron chi connectivity index (χ3n) is 2.29. The predicted molar refractivity (Wildman–Crippen MR) is 63.3 cm³/mol. The van der Waals surface area contributed by atoms with E-state index in [1.165, 1.54) is 6.07 Å². The summed E-state index contributed by atoms with van der Waals surface area (Å²) in [4.78, 5) is 0. The monoisotopic (exact) mass is 254 g/mol. The molecule has 0 fully saturated rings. The maximum absolute atomic E-state index is 13.5. The summed E-state index contributed by atoms with van der Waals surface area (Å²) < 4.78 is 15.1. The van der Waals surface area contributed by atoms with Crippen molar-refractivity contribution in [3.63, 3.8) is 0 Å². The van der Waals surface area contributed by atoms with E-state index in [0.29, 0.717) is 23.7 Å². The van der Waals surface area contributed by atoms with Gasteiger partial charge in [0.1, 0.15) is 5.82 Å². The van der Waals surface area contributed by atoms with E-state index < -0.39 is 0 Å². The van der Waals surface area contributed by atoms with Gasteiger partial charge in [0.05, 0.1) is 18.4 Å². The van der Waals surface area contributed by atoms with E-state index >= 15 is 0 Å². The largest absolute Gasteiger partial charge is 0.314 e. The molecule has 2 rings (SSSR count). The number of rotatable bonds is 4. The number of aromatic nitrogens is 3. The molecule has 1 heterocycles. The average molecular weight is 255 g/mol. The van der Waals surface area contributed by atoms with Gasteiger partial charge >= 0.3 is 0 Å². The third kappa shape index (κ3) is 3.01. The molecule has 0 unspecified atom stereocenters. The fourth-order valence-electron chi connectivity index (χ4n) is 1.50. The fourth-order valence-corrected chi connectivity index (χ4v) is 1.66. The Morgan fingerprint density at radius 3 is 3.00 bits per heavy atom. The smallest absolute Gasteiger partial charge is 0.129 e. The molecule has 1 aromatic carbocycles. The van der Waals surface area contributed by atoms with Crippen LogP contribution in [0.3, 0.4) is 0 Å². The SMILES string of the molecule is CNCc1cn(Cc2ccc(Cl)cc2F)nn1. The van der Waals surface area contributed by atoms with Gasteiger partial charge in [0.25, 0.3) is 0 Å². The summed E-state index contributed by atoms with van der Waals surface area (Å²) in [5.41, 5.74) is 1.36. The molecule has 0 spiro atoms. The molecule has 0 saturated heterocycles. The van der Waals surface area contributed by atoms with Gasteiger partial charge in [-0.25, -0.2) is 9.07 Å². The van der Waals surface area contributed by atoms with Crippen molar-refractivity contribution in [3.05, 3.63) is 46.5 Å². The minimum atomic E-state index is -0.330.